The fourth-order valence-corrected chi connectivity index (χ4v) is 3.54. The van der Waals surface area contributed by atoms with Gasteiger partial charge in [-0.15, -0.1) is 5.10 Å². The van der Waals surface area contributed by atoms with Crippen LogP contribution in [-0.2, 0) is 4.74 Å². The normalized spacial score (nSPS) is 10.9. The molecule has 1 aromatic carbocycles. The second-order valence-electron chi connectivity index (χ2n) is 5.91. The number of carbonyl (C=O) groups excluding carboxylic acids is 2. The van der Waals surface area contributed by atoms with Crippen molar-refractivity contribution in [3.63, 3.8) is 0 Å². The van der Waals surface area contributed by atoms with Crippen LogP contribution in [0.15, 0.2) is 29.4 Å². The molecule has 0 amide bonds. The summed E-state index contributed by atoms with van der Waals surface area (Å²) >= 11 is 1.12. The molecule has 0 saturated carbocycles. The first kappa shape index (κ1) is 19.7. The zero-order chi connectivity index (χ0) is 20.3. The number of aromatic amines is 1. The summed E-state index contributed by atoms with van der Waals surface area (Å²) < 4.78 is 19.8. The summed E-state index contributed by atoms with van der Waals surface area (Å²) in [6.45, 7) is 5.39. The summed E-state index contributed by atoms with van der Waals surface area (Å²) in [7, 11) is 0. The van der Waals surface area contributed by atoms with Gasteiger partial charge in [-0.2, -0.15) is 4.68 Å². The summed E-state index contributed by atoms with van der Waals surface area (Å²) in [5, 5.41) is 11.7. The van der Waals surface area contributed by atoms with E-state index in [2.05, 4.69) is 20.5 Å². The predicted molar refractivity (Wildman–Crippen MR) is 100 cm³/mol. The molecule has 2 aromatic heterocycles. The zero-order valence-electron chi connectivity index (χ0n) is 15.5. The van der Waals surface area contributed by atoms with E-state index in [4.69, 9.17) is 4.74 Å². The summed E-state index contributed by atoms with van der Waals surface area (Å²) in [5.41, 5.74) is 2.30. The van der Waals surface area contributed by atoms with Crippen molar-refractivity contribution in [2.75, 3.05) is 12.4 Å². The van der Waals surface area contributed by atoms with Crippen LogP contribution in [0.2, 0.25) is 0 Å². The van der Waals surface area contributed by atoms with E-state index in [9.17, 15) is 14.0 Å². The van der Waals surface area contributed by atoms with E-state index in [1.165, 1.54) is 16.8 Å². The van der Waals surface area contributed by atoms with E-state index in [-0.39, 0.29) is 18.1 Å². The Kier molecular flexibility index (Phi) is 5.88. The molecule has 0 fully saturated rings. The van der Waals surface area contributed by atoms with Crippen LogP contribution in [0.5, 0.6) is 0 Å². The minimum absolute atomic E-state index is 0.0404. The monoisotopic (exact) mass is 403 g/mol. The average molecular weight is 403 g/mol. The van der Waals surface area contributed by atoms with Crippen molar-refractivity contribution in [1.82, 2.24) is 25.2 Å². The van der Waals surface area contributed by atoms with Crippen molar-refractivity contribution in [3.8, 4) is 5.69 Å². The third-order valence-corrected chi connectivity index (χ3v) is 4.94. The molecule has 0 bridgehead atoms. The van der Waals surface area contributed by atoms with E-state index in [1.54, 1.807) is 32.9 Å². The summed E-state index contributed by atoms with van der Waals surface area (Å²) in [4.78, 5) is 27.7. The topological polar surface area (TPSA) is 103 Å². The van der Waals surface area contributed by atoms with Gasteiger partial charge in [0.2, 0.25) is 5.16 Å². The Labute approximate surface area is 164 Å². The lowest BCUT2D eigenvalue weighted by Crippen LogP contribution is -2.09. The number of benzene rings is 1. The van der Waals surface area contributed by atoms with Gasteiger partial charge in [0.05, 0.1) is 29.3 Å². The molecule has 2 heterocycles. The number of Topliss-reactive ketones (excluding diaryl/α,β-unsaturated/α-hetero) is 1. The summed E-state index contributed by atoms with van der Waals surface area (Å²) in [5.74, 6) is -1.05. The quantitative estimate of drug-likeness (QED) is 0.367. The van der Waals surface area contributed by atoms with Crippen LogP contribution >= 0.6 is 11.8 Å². The number of halogens is 1. The predicted octanol–water partition coefficient (Wildman–Crippen LogP) is 2.90. The van der Waals surface area contributed by atoms with Gasteiger partial charge >= 0.3 is 5.97 Å². The van der Waals surface area contributed by atoms with Gasteiger partial charge in [0, 0.05) is 5.69 Å². The van der Waals surface area contributed by atoms with E-state index in [0.29, 0.717) is 33.4 Å². The van der Waals surface area contributed by atoms with Gasteiger partial charge in [0.1, 0.15) is 5.82 Å². The number of nitrogens with one attached hydrogen (secondary N) is 1. The lowest BCUT2D eigenvalue weighted by molar-refractivity contribution is 0.0525. The highest BCUT2D eigenvalue weighted by atomic mass is 32.2. The van der Waals surface area contributed by atoms with Gasteiger partial charge in [0.25, 0.3) is 0 Å². The Morgan fingerprint density at radius 1 is 1.32 bits per heavy atom. The van der Waals surface area contributed by atoms with Crippen LogP contribution in [0.25, 0.3) is 5.69 Å². The van der Waals surface area contributed by atoms with Gasteiger partial charge in [-0.05, 0) is 55.0 Å². The number of aryl methyl sites for hydroxylation is 1. The molecule has 10 heteroatoms. The van der Waals surface area contributed by atoms with Gasteiger partial charge in [0.15, 0.2) is 5.78 Å². The largest absolute Gasteiger partial charge is 0.462 e. The van der Waals surface area contributed by atoms with E-state index < -0.39 is 11.8 Å². The number of ketones is 1. The Hall–Kier alpha value is -3.01. The molecule has 1 N–H and O–H groups in total. The second-order valence-corrected chi connectivity index (χ2v) is 6.85. The molecule has 3 rings (SSSR count). The van der Waals surface area contributed by atoms with Gasteiger partial charge in [-0.1, -0.05) is 17.8 Å². The van der Waals surface area contributed by atoms with Gasteiger partial charge in [-0.25, -0.2) is 9.18 Å². The molecule has 0 atom stereocenters. The fourth-order valence-electron chi connectivity index (χ4n) is 2.78. The molecule has 3 aromatic rings. The number of hydrogen-bond acceptors (Lipinski definition) is 7. The highest BCUT2D eigenvalue weighted by Gasteiger charge is 2.23. The number of aromatic nitrogens is 5. The van der Waals surface area contributed by atoms with Crippen molar-refractivity contribution in [2.24, 2.45) is 0 Å². The third kappa shape index (κ3) is 3.96. The number of hydrogen-bond donors (Lipinski definition) is 1. The lowest BCUT2D eigenvalue weighted by Gasteiger charge is -2.04. The van der Waals surface area contributed by atoms with Crippen molar-refractivity contribution in [3.05, 3.63) is 52.6 Å². The number of H-pyrrole nitrogens is 1. The number of nitrogens with zero attached hydrogens (tertiary/aromatic N) is 4. The van der Waals surface area contributed by atoms with E-state index in [1.807, 2.05) is 0 Å². The molecule has 0 aliphatic rings. The molecule has 0 aliphatic heterocycles. The summed E-state index contributed by atoms with van der Waals surface area (Å²) in [6, 6.07) is 5.83. The molecule has 0 saturated heterocycles. The molecule has 0 aliphatic carbocycles. The Bertz CT molecular complexity index is 1030. The van der Waals surface area contributed by atoms with Gasteiger partial charge < -0.3 is 9.72 Å². The van der Waals surface area contributed by atoms with Crippen molar-refractivity contribution in [2.45, 2.75) is 25.9 Å². The molecule has 8 nitrogen and oxygen atoms in total. The van der Waals surface area contributed by atoms with Crippen LogP contribution in [-0.4, -0.2) is 49.3 Å². The van der Waals surface area contributed by atoms with Crippen LogP contribution in [0.3, 0.4) is 0 Å². The number of thioether (sulfide) groups is 1. The first-order valence-corrected chi connectivity index (χ1v) is 9.47. The maximum atomic E-state index is 13.4. The van der Waals surface area contributed by atoms with Crippen LogP contribution in [0.4, 0.5) is 4.39 Å². The molecule has 0 radical (unpaired) electrons. The number of carbonyl (C=O) groups is 2. The van der Waals surface area contributed by atoms with Gasteiger partial charge in [-0.3, -0.25) is 4.79 Å². The van der Waals surface area contributed by atoms with Crippen LogP contribution in [0.1, 0.15) is 39.0 Å². The average Bonchev–Trinajstić information content (AvgIpc) is 3.24. The maximum Gasteiger partial charge on any atom is 0.340 e. The first-order valence-electron chi connectivity index (χ1n) is 8.49. The molecular weight excluding hydrogens is 385 g/mol. The number of rotatable bonds is 7. The second kappa shape index (κ2) is 8.34. The lowest BCUT2D eigenvalue weighted by atomic mass is 10.1. The minimum Gasteiger partial charge on any atom is -0.462 e. The number of esters is 1. The van der Waals surface area contributed by atoms with Crippen molar-refractivity contribution >= 4 is 23.5 Å². The molecule has 146 valence electrons. The standard InChI is InChI=1S/C18H18FN5O3S/c1-4-27-17(26)15-10(2)16(20-11(15)3)14(25)9-28-18-21-22-23-24(18)13-7-5-6-12(19)8-13/h5-8,20H,4,9H2,1-3H3. The third-order valence-electron chi connectivity index (χ3n) is 4.02. The van der Waals surface area contributed by atoms with E-state index in [0.717, 1.165) is 11.8 Å². The Morgan fingerprint density at radius 3 is 2.82 bits per heavy atom. The Morgan fingerprint density at radius 2 is 2.11 bits per heavy atom. The van der Waals surface area contributed by atoms with Crippen molar-refractivity contribution < 1.29 is 18.7 Å². The SMILES string of the molecule is CCOC(=O)c1c(C)[nH]c(C(=O)CSc2nnnn2-c2cccc(F)c2)c1C. The smallest absolute Gasteiger partial charge is 0.340 e. The maximum absolute atomic E-state index is 13.4. The molecular formula is C18H18FN5O3S. The highest BCUT2D eigenvalue weighted by Crippen LogP contribution is 2.23. The zero-order valence-corrected chi connectivity index (χ0v) is 16.3. The highest BCUT2D eigenvalue weighted by molar-refractivity contribution is 7.99. The number of ether oxygens (including phenoxy) is 1. The molecule has 0 unspecified atom stereocenters. The fraction of sp³-hybridized carbons (Fsp3) is 0.278. The minimum atomic E-state index is -0.462. The van der Waals surface area contributed by atoms with Crippen LogP contribution in [0, 0.1) is 19.7 Å². The Balaban J connectivity index is 1.77. The number of tetrazole rings is 1. The van der Waals surface area contributed by atoms with E-state index >= 15 is 0 Å². The summed E-state index contributed by atoms with van der Waals surface area (Å²) in [6.07, 6.45) is 0. The van der Waals surface area contributed by atoms with Crippen LogP contribution < -0.4 is 0 Å². The van der Waals surface area contributed by atoms with Crippen molar-refractivity contribution in [1.29, 1.82) is 0 Å². The first-order chi connectivity index (χ1) is 13.4. The molecule has 0 spiro atoms. The molecule has 28 heavy (non-hydrogen) atoms.